The summed E-state index contributed by atoms with van der Waals surface area (Å²) < 4.78 is 29.6. The maximum absolute atomic E-state index is 13.3. The molecule has 0 spiro atoms. The molecule has 0 unspecified atom stereocenters. The number of hydrogen-bond donors (Lipinski definition) is 2. The number of aromatic nitrogens is 2. The third kappa shape index (κ3) is 5.35. The number of halogens is 1. The minimum atomic E-state index is -1.16. The standard InChI is InChI=1S/C26H21FN4O6/c1-31-20-11-16(7-9-26(34)14-35-15-26)5-6-21(20)36-13-19(25(31)33)29-24(32)18-12-17(8-10-28-18)37-23-4-2-3-22(27)30-23/h2-6,8,10-12,19,34H,13-15H2,1H3,(H,29,32)/t19-/m0/s1. The van der Waals surface area contributed by atoms with Crippen LogP contribution in [0.25, 0.3) is 0 Å². The van der Waals surface area contributed by atoms with Crippen molar-refractivity contribution in [2.24, 2.45) is 0 Å². The van der Waals surface area contributed by atoms with Gasteiger partial charge in [-0.3, -0.25) is 14.6 Å². The fourth-order valence-electron chi connectivity index (χ4n) is 3.63. The molecule has 0 saturated carbocycles. The second kappa shape index (κ2) is 9.85. The lowest BCUT2D eigenvalue weighted by atomic mass is 10.0. The summed E-state index contributed by atoms with van der Waals surface area (Å²) in [5, 5.41) is 12.7. The Morgan fingerprint density at radius 2 is 2.11 bits per heavy atom. The second-order valence-corrected chi connectivity index (χ2v) is 8.47. The Bertz CT molecular complexity index is 1430. The van der Waals surface area contributed by atoms with Gasteiger partial charge in [-0.2, -0.15) is 9.37 Å². The number of benzene rings is 1. The largest absolute Gasteiger partial charge is 0.489 e. The zero-order valence-electron chi connectivity index (χ0n) is 19.6. The molecule has 1 aromatic carbocycles. The molecule has 0 aliphatic carbocycles. The van der Waals surface area contributed by atoms with Crippen LogP contribution in [0.15, 0.2) is 54.7 Å². The van der Waals surface area contributed by atoms with Crippen LogP contribution in [0.3, 0.4) is 0 Å². The van der Waals surface area contributed by atoms with Crippen molar-refractivity contribution in [2.45, 2.75) is 11.6 Å². The topological polar surface area (TPSA) is 123 Å². The number of carbonyl (C=O) groups is 2. The van der Waals surface area contributed by atoms with E-state index in [1.807, 2.05) is 0 Å². The minimum Gasteiger partial charge on any atom is -0.489 e. The van der Waals surface area contributed by atoms with Crippen LogP contribution in [0.5, 0.6) is 17.4 Å². The summed E-state index contributed by atoms with van der Waals surface area (Å²) in [7, 11) is 1.57. The molecule has 5 rings (SSSR count). The van der Waals surface area contributed by atoms with E-state index in [1.54, 1.807) is 25.2 Å². The highest BCUT2D eigenvalue weighted by Gasteiger charge is 2.34. The quantitative estimate of drug-likeness (QED) is 0.407. The Hall–Kier alpha value is -4.53. The first-order chi connectivity index (χ1) is 17.8. The predicted molar refractivity (Wildman–Crippen MR) is 128 cm³/mol. The molecule has 1 fully saturated rings. The van der Waals surface area contributed by atoms with Gasteiger partial charge in [0.05, 0.1) is 18.9 Å². The number of pyridine rings is 2. The van der Waals surface area contributed by atoms with Gasteiger partial charge in [-0.1, -0.05) is 17.9 Å². The average Bonchev–Trinajstić information content (AvgIpc) is 2.98. The summed E-state index contributed by atoms with van der Waals surface area (Å²) in [6.45, 7) is 0.201. The Morgan fingerprint density at radius 1 is 1.27 bits per heavy atom. The summed E-state index contributed by atoms with van der Waals surface area (Å²) in [5.41, 5.74) is -0.119. The molecule has 10 nitrogen and oxygen atoms in total. The molecule has 37 heavy (non-hydrogen) atoms. The zero-order chi connectivity index (χ0) is 26.0. The van der Waals surface area contributed by atoms with Crippen molar-refractivity contribution in [1.82, 2.24) is 15.3 Å². The molecule has 188 valence electrons. The highest BCUT2D eigenvalue weighted by molar-refractivity contribution is 6.03. The molecule has 0 bridgehead atoms. The first-order valence-corrected chi connectivity index (χ1v) is 11.2. The van der Waals surface area contributed by atoms with Gasteiger partial charge < -0.3 is 29.5 Å². The van der Waals surface area contributed by atoms with E-state index in [2.05, 4.69) is 27.1 Å². The van der Waals surface area contributed by atoms with Crippen LogP contribution >= 0.6 is 0 Å². The predicted octanol–water partition coefficient (Wildman–Crippen LogP) is 1.67. The number of carbonyl (C=O) groups excluding carboxylic acids is 2. The van der Waals surface area contributed by atoms with Crippen molar-refractivity contribution >= 4 is 17.5 Å². The number of ether oxygens (including phenoxy) is 3. The minimum absolute atomic E-state index is 0.0124. The van der Waals surface area contributed by atoms with Gasteiger partial charge in [0.15, 0.2) is 5.60 Å². The summed E-state index contributed by atoms with van der Waals surface area (Å²) in [4.78, 5) is 35.1. The number of anilines is 1. The normalized spacial score (nSPS) is 17.8. The lowest BCUT2D eigenvalue weighted by molar-refractivity contribution is -0.140. The molecule has 2 aliphatic rings. The second-order valence-electron chi connectivity index (χ2n) is 8.47. The SMILES string of the molecule is CN1C(=O)[C@@H](NC(=O)c2cc(Oc3cccc(F)n3)ccn2)COc2ccc(C#CC3(O)COC3)cc21. The number of hydrogen-bond acceptors (Lipinski definition) is 8. The Labute approximate surface area is 211 Å². The van der Waals surface area contributed by atoms with Gasteiger partial charge in [0.25, 0.3) is 11.8 Å². The molecule has 11 heteroatoms. The fraction of sp³-hybridized carbons (Fsp3) is 0.231. The van der Waals surface area contributed by atoms with Gasteiger partial charge in [0.2, 0.25) is 11.8 Å². The number of amides is 2. The summed E-state index contributed by atoms with van der Waals surface area (Å²) in [5.74, 6) is 4.62. The van der Waals surface area contributed by atoms with Gasteiger partial charge in [-0.15, -0.1) is 0 Å². The summed E-state index contributed by atoms with van der Waals surface area (Å²) >= 11 is 0. The Kier molecular flexibility index (Phi) is 6.43. The van der Waals surface area contributed by atoms with Crippen LogP contribution < -0.4 is 19.7 Å². The first-order valence-electron chi connectivity index (χ1n) is 11.2. The number of nitrogens with one attached hydrogen (secondary N) is 1. The maximum atomic E-state index is 13.3. The number of rotatable bonds is 4. The lowest BCUT2D eigenvalue weighted by Gasteiger charge is -2.30. The third-order valence-corrected chi connectivity index (χ3v) is 5.66. The van der Waals surface area contributed by atoms with E-state index in [4.69, 9.17) is 14.2 Å². The van der Waals surface area contributed by atoms with Crippen molar-refractivity contribution in [3.8, 4) is 29.2 Å². The highest BCUT2D eigenvalue weighted by atomic mass is 19.1. The molecule has 2 aliphatic heterocycles. The van der Waals surface area contributed by atoms with Crippen LogP contribution in [-0.2, 0) is 9.53 Å². The van der Waals surface area contributed by atoms with Gasteiger partial charge in [0, 0.05) is 30.9 Å². The van der Waals surface area contributed by atoms with Gasteiger partial charge in [-0.25, -0.2) is 0 Å². The molecule has 1 saturated heterocycles. The van der Waals surface area contributed by atoms with Gasteiger partial charge in [-0.05, 0) is 30.3 Å². The maximum Gasteiger partial charge on any atom is 0.270 e. The smallest absolute Gasteiger partial charge is 0.270 e. The first kappa shape index (κ1) is 24.2. The zero-order valence-corrected chi connectivity index (χ0v) is 19.6. The van der Waals surface area contributed by atoms with Crippen LogP contribution in [-0.4, -0.2) is 65.4 Å². The van der Waals surface area contributed by atoms with E-state index in [0.717, 1.165) is 0 Å². The summed E-state index contributed by atoms with van der Waals surface area (Å²) in [6.07, 6.45) is 1.35. The van der Waals surface area contributed by atoms with Crippen molar-refractivity contribution in [3.63, 3.8) is 0 Å². The van der Waals surface area contributed by atoms with Crippen LogP contribution in [0.4, 0.5) is 10.1 Å². The van der Waals surface area contributed by atoms with Crippen molar-refractivity contribution in [1.29, 1.82) is 0 Å². The molecular formula is C26H21FN4O6. The molecule has 0 radical (unpaired) electrons. The van der Waals surface area contributed by atoms with Crippen LogP contribution in [0.1, 0.15) is 16.1 Å². The van der Waals surface area contributed by atoms with E-state index in [9.17, 15) is 19.1 Å². The molecule has 3 aromatic rings. The van der Waals surface area contributed by atoms with Crippen molar-refractivity contribution in [3.05, 3.63) is 71.9 Å². The number of fused-ring (bicyclic) bond motifs is 1. The van der Waals surface area contributed by atoms with Crippen LogP contribution in [0, 0.1) is 17.8 Å². The summed E-state index contributed by atoms with van der Waals surface area (Å²) in [6, 6.07) is 11.0. The number of aliphatic hydroxyl groups is 1. The van der Waals surface area contributed by atoms with Crippen LogP contribution in [0.2, 0.25) is 0 Å². The van der Waals surface area contributed by atoms with E-state index >= 15 is 0 Å². The average molecular weight is 504 g/mol. The molecule has 2 aromatic heterocycles. The van der Waals surface area contributed by atoms with E-state index in [1.165, 1.54) is 41.4 Å². The molecule has 4 heterocycles. The van der Waals surface area contributed by atoms with E-state index in [-0.39, 0.29) is 37.1 Å². The molecule has 2 amide bonds. The number of likely N-dealkylation sites (N-methyl/N-ethyl adjacent to an activating group) is 1. The lowest BCUT2D eigenvalue weighted by Crippen LogP contribution is -2.49. The molecular weight excluding hydrogens is 483 g/mol. The fourth-order valence-corrected chi connectivity index (χ4v) is 3.63. The number of nitrogens with zero attached hydrogens (tertiary/aromatic N) is 3. The molecule has 1 atom stereocenters. The monoisotopic (exact) mass is 504 g/mol. The van der Waals surface area contributed by atoms with Gasteiger partial charge >= 0.3 is 0 Å². The Balaban J connectivity index is 1.29. The third-order valence-electron chi connectivity index (χ3n) is 5.66. The van der Waals surface area contributed by atoms with Crippen molar-refractivity contribution in [2.75, 3.05) is 31.8 Å². The Morgan fingerprint density at radius 3 is 2.86 bits per heavy atom. The van der Waals surface area contributed by atoms with E-state index in [0.29, 0.717) is 17.0 Å². The molecule has 2 N–H and O–H groups in total. The highest BCUT2D eigenvalue weighted by Crippen LogP contribution is 2.31. The van der Waals surface area contributed by atoms with E-state index < -0.39 is 29.4 Å². The van der Waals surface area contributed by atoms with Gasteiger partial charge in [0.1, 0.15) is 29.8 Å². The van der Waals surface area contributed by atoms with Crippen molar-refractivity contribution < 1.29 is 33.3 Å².